The average Bonchev–Trinajstić information content (AvgIpc) is 2.46. The molecule has 1 aromatic carbocycles. The highest BCUT2D eigenvalue weighted by Crippen LogP contribution is 2.27. The Balaban J connectivity index is 2.20. The summed E-state index contributed by atoms with van der Waals surface area (Å²) in [5.74, 6) is -0.291. The van der Waals surface area contributed by atoms with Gasteiger partial charge in [-0.2, -0.15) is 0 Å². The van der Waals surface area contributed by atoms with Crippen molar-refractivity contribution in [2.45, 2.75) is 0 Å². The van der Waals surface area contributed by atoms with E-state index in [9.17, 15) is 9.90 Å². The SMILES string of the molecule is O=C(O)c1cccc2ncnc(N3CCOCC3)c12. The van der Waals surface area contributed by atoms with Gasteiger partial charge in [-0.1, -0.05) is 6.07 Å². The van der Waals surface area contributed by atoms with Gasteiger partial charge in [0.2, 0.25) is 0 Å². The quantitative estimate of drug-likeness (QED) is 0.872. The fourth-order valence-corrected chi connectivity index (χ4v) is 2.29. The Hall–Kier alpha value is -2.21. The Morgan fingerprint density at radius 3 is 2.79 bits per heavy atom. The minimum Gasteiger partial charge on any atom is -0.478 e. The van der Waals surface area contributed by atoms with Crippen molar-refractivity contribution in [2.24, 2.45) is 0 Å². The number of ether oxygens (including phenoxy) is 1. The number of aromatic nitrogens is 2. The molecule has 0 bridgehead atoms. The van der Waals surface area contributed by atoms with Crippen LogP contribution in [0.4, 0.5) is 5.82 Å². The van der Waals surface area contributed by atoms with Crippen LogP contribution in [0.1, 0.15) is 10.4 Å². The molecule has 6 heteroatoms. The van der Waals surface area contributed by atoms with Crippen LogP contribution in [0, 0.1) is 0 Å². The van der Waals surface area contributed by atoms with Crippen LogP contribution in [-0.2, 0) is 4.74 Å². The van der Waals surface area contributed by atoms with Crippen LogP contribution in [0.15, 0.2) is 24.5 Å². The molecule has 0 atom stereocenters. The summed E-state index contributed by atoms with van der Waals surface area (Å²) < 4.78 is 5.31. The zero-order valence-corrected chi connectivity index (χ0v) is 10.2. The fourth-order valence-electron chi connectivity index (χ4n) is 2.29. The number of hydrogen-bond donors (Lipinski definition) is 1. The lowest BCUT2D eigenvalue weighted by molar-refractivity contribution is 0.0699. The van der Waals surface area contributed by atoms with Gasteiger partial charge in [-0.25, -0.2) is 14.8 Å². The number of aromatic carboxylic acids is 1. The average molecular weight is 259 g/mol. The molecule has 98 valence electrons. The van der Waals surface area contributed by atoms with Crippen molar-refractivity contribution in [3.8, 4) is 0 Å². The monoisotopic (exact) mass is 259 g/mol. The summed E-state index contributed by atoms with van der Waals surface area (Å²) >= 11 is 0. The molecular weight excluding hydrogens is 246 g/mol. The molecule has 0 amide bonds. The Bertz CT molecular complexity index is 618. The molecule has 19 heavy (non-hydrogen) atoms. The second-order valence-electron chi connectivity index (χ2n) is 4.30. The van der Waals surface area contributed by atoms with Gasteiger partial charge < -0.3 is 14.7 Å². The first kappa shape index (κ1) is 11.9. The maximum absolute atomic E-state index is 11.4. The normalized spacial score (nSPS) is 15.7. The van der Waals surface area contributed by atoms with Crippen LogP contribution >= 0.6 is 0 Å². The molecule has 0 unspecified atom stereocenters. The van der Waals surface area contributed by atoms with E-state index in [2.05, 4.69) is 9.97 Å². The molecule has 0 spiro atoms. The smallest absolute Gasteiger partial charge is 0.336 e. The van der Waals surface area contributed by atoms with E-state index in [0.717, 1.165) is 0 Å². The van der Waals surface area contributed by atoms with Crippen molar-refractivity contribution in [1.29, 1.82) is 0 Å². The molecule has 1 aromatic heterocycles. The number of morpholine rings is 1. The van der Waals surface area contributed by atoms with E-state index in [1.165, 1.54) is 6.33 Å². The highest BCUT2D eigenvalue weighted by atomic mass is 16.5. The Labute approximate surface area is 109 Å². The summed E-state index contributed by atoms with van der Waals surface area (Å²) in [7, 11) is 0. The second-order valence-corrected chi connectivity index (χ2v) is 4.30. The van der Waals surface area contributed by atoms with Gasteiger partial charge >= 0.3 is 5.97 Å². The van der Waals surface area contributed by atoms with Gasteiger partial charge in [0.15, 0.2) is 0 Å². The van der Waals surface area contributed by atoms with E-state index >= 15 is 0 Å². The number of carboxylic acids is 1. The first-order chi connectivity index (χ1) is 9.27. The lowest BCUT2D eigenvalue weighted by Crippen LogP contribution is -2.37. The van der Waals surface area contributed by atoms with Crippen molar-refractivity contribution < 1.29 is 14.6 Å². The van der Waals surface area contributed by atoms with Crippen LogP contribution in [0.2, 0.25) is 0 Å². The molecule has 1 saturated heterocycles. The van der Waals surface area contributed by atoms with Crippen LogP contribution in [0.5, 0.6) is 0 Å². The number of carboxylic acid groups (broad SMARTS) is 1. The number of benzene rings is 1. The van der Waals surface area contributed by atoms with Gasteiger partial charge in [0, 0.05) is 13.1 Å². The zero-order chi connectivity index (χ0) is 13.2. The maximum Gasteiger partial charge on any atom is 0.336 e. The molecule has 3 rings (SSSR count). The standard InChI is InChI=1S/C13H13N3O3/c17-13(18)9-2-1-3-10-11(9)12(15-8-14-10)16-4-6-19-7-5-16/h1-3,8H,4-7H2,(H,17,18). The summed E-state index contributed by atoms with van der Waals surface area (Å²) in [4.78, 5) is 21.8. The van der Waals surface area contributed by atoms with Gasteiger partial charge in [-0.15, -0.1) is 0 Å². The predicted octanol–water partition coefficient (Wildman–Crippen LogP) is 1.16. The van der Waals surface area contributed by atoms with Crippen molar-refractivity contribution in [3.05, 3.63) is 30.1 Å². The zero-order valence-electron chi connectivity index (χ0n) is 10.2. The molecule has 0 saturated carbocycles. The van der Waals surface area contributed by atoms with Crippen LogP contribution in [0.25, 0.3) is 10.9 Å². The summed E-state index contributed by atoms with van der Waals surface area (Å²) in [5.41, 5.74) is 0.885. The summed E-state index contributed by atoms with van der Waals surface area (Å²) in [6.07, 6.45) is 1.47. The number of nitrogens with zero attached hydrogens (tertiary/aromatic N) is 3. The van der Waals surface area contributed by atoms with Crippen LogP contribution < -0.4 is 4.90 Å². The highest BCUT2D eigenvalue weighted by molar-refractivity contribution is 6.07. The Morgan fingerprint density at radius 2 is 2.05 bits per heavy atom. The van der Waals surface area contributed by atoms with Crippen molar-refractivity contribution in [3.63, 3.8) is 0 Å². The summed E-state index contributed by atoms with van der Waals surface area (Å²) in [6, 6.07) is 5.08. The van der Waals surface area contributed by atoms with Crippen molar-refractivity contribution in [1.82, 2.24) is 9.97 Å². The lowest BCUT2D eigenvalue weighted by Gasteiger charge is -2.28. The largest absolute Gasteiger partial charge is 0.478 e. The molecule has 0 aliphatic carbocycles. The molecule has 0 radical (unpaired) electrons. The molecule has 2 aromatic rings. The second kappa shape index (κ2) is 4.81. The third-order valence-corrected chi connectivity index (χ3v) is 3.18. The minimum atomic E-state index is -0.963. The van der Waals surface area contributed by atoms with E-state index in [4.69, 9.17) is 4.74 Å². The van der Waals surface area contributed by atoms with Gasteiger partial charge in [-0.05, 0) is 12.1 Å². The molecular formula is C13H13N3O3. The van der Waals surface area contributed by atoms with E-state index in [-0.39, 0.29) is 5.56 Å². The summed E-state index contributed by atoms with van der Waals surface area (Å²) in [5, 5.41) is 9.90. The van der Waals surface area contributed by atoms with E-state index in [1.807, 2.05) is 4.90 Å². The topological polar surface area (TPSA) is 75.5 Å². The van der Waals surface area contributed by atoms with Crippen LogP contribution in [-0.4, -0.2) is 47.3 Å². The number of carbonyl (C=O) groups is 1. The van der Waals surface area contributed by atoms with E-state index in [1.54, 1.807) is 18.2 Å². The maximum atomic E-state index is 11.4. The van der Waals surface area contributed by atoms with Crippen LogP contribution in [0.3, 0.4) is 0 Å². The van der Waals surface area contributed by atoms with E-state index < -0.39 is 5.97 Å². The number of rotatable bonds is 2. The molecule has 1 aliphatic heterocycles. The molecule has 1 aliphatic rings. The third-order valence-electron chi connectivity index (χ3n) is 3.18. The molecule has 1 fully saturated rings. The first-order valence-electron chi connectivity index (χ1n) is 6.07. The minimum absolute atomic E-state index is 0.236. The number of anilines is 1. The third kappa shape index (κ3) is 2.10. The van der Waals surface area contributed by atoms with E-state index in [0.29, 0.717) is 43.0 Å². The fraction of sp³-hybridized carbons (Fsp3) is 0.308. The van der Waals surface area contributed by atoms with Gasteiger partial charge in [0.25, 0.3) is 0 Å². The number of hydrogen-bond acceptors (Lipinski definition) is 5. The predicted molar refractivity (Wildman–Crippen MR) is 69.5 cm³/mol. The van der Waals surface area contributed by atoms with Gasteiger partial charge in [0.05, 0.1) is 29.7 Å². The Kier molecular flexibility index (Phi) is 3.00. The number of fused-ring (bicyclic) bond motifs is 1. The van der Waals surface area contributed by atoms with Crippen molar-refractivity contribution in [2.75, 3.05) is 31.2 Å². The summed E-state index contributed by atoms with van der Waals surface area (Å²) in [6.45, 7) is 2.67. The first-order valence-corrected chi connectivity index (χ1v) is 6.07. The highest BCUT2D eigenvalue weighted by Gasteiger charge is 2.19. The molecule has 1 N–H and O–H groups in total. The Morgan fingerprint density at radius 1 is 1.26 bits per heavy atom. The van der Waals surface area contributed by atoms with Gasteiger partial charge in [0.1, 0.15) is 12.1 Å². The molecule has 2 heterocycles. The lowest BCUT2D eigenvalue weighted by atomic mass is 10.1. The molecule has 6 nitrogen and oxygen atoms in total. The van der Waals surface area contributed by atoms with Crippen molar-refractivity contribution >= 4 is 22.7 Å². The van der Waals surface area contributed by atoms with Gasteiger partial charge in [-0.3, -0.25) is 0 Å².